The molecule has 0 radical (unpaired) electrons. The van der Waals surface area contributed by atoms with Gasteiger partial charge in [0.05, 0.1) is 11.4 Å². The summed E-state index contributed by atoms with van der Waals surface area (Å²) >= 11 is 8.94. The topological polar surface area (TPSA) is 26.3 Å². The molecule has 1 aromatic rings. The van der Waals surface area contributed by atoms with Crippen LogP contribution < -0.4 is 4.74 Å². The Hall–Kier alpha value is -0.540. The van der Waals surface area contributed by atoms with Gasteiger partial charge in [-0.3, -0.25) is 4.79 Å². The molecule has 0 heterocycles. The van der Waals surface area contributed by atoms with Crippen LogP contribution in [0, 0.1) is 0 Å². The highest BCUT2D eigenvalue weighted by molar-refractivity contribution is 9.10. The fraction of sp³-hybridized carbons (Fsp3) is 0.364. The number of benzene rings is 1. The molecule has 0 saturated heterocycles. The maximum Gasteiger partial charge on any atom is 0.149 e. The number of carbonyl (C=O) groups is 1. The molecule has 82 valence electrons. The average molecular weight is 292 g/mol. The van der Waals surface area contributed by atoms with E-state index in [2.05, 4.69) is 15.9 Å². The van der Waals surface area contributed by atoms with Gasteiger partial charge in [0.25, 0.3) is 0 Å². The molecule has 0 saturated carbocycles. The predicted octanol–water partition coefficient (Wildman–Crippen LogP) is 3.46. The van der Waals surface area contributed by atoms with E-state index in [4.69, 9.17) is 16.3 Å². The number of hydrogen-bond acceptors (Lipinski definition) is 2. The Balaban J connectivity index is 2.32. The van der Waals surface area contributed by atoms with Gasteiger partial charge in [-0.05, 0) is 31.2 Å². The molecule has 1 atom stereocenters. The zero-order chi connectivity index (χ0) is 11.3. The highest BCUT2D eigenvalue weighted by Crippen LogP contribution is 2.15. The third-order valence-corrected chi connectivity index (χ3v) is 2.64. The van der Waals surface area contributed by atoms with E-state index in [-0.39, 0.29) is 10.6 Å². The van der Waals surface area contributed by atoms with Crippen LogP contribution in [0.5, 0.6) is 5.75 Å². The van der Waals surface area contributed by atoms with Gasteiger partial charge in [-0.15, -0.1) is 0 Å². The summed E-state index contributed by atoms with van der Waals surface area (Å²) in [5.41, 5.74) is 0. The van der Waals surface area contributed by atoms with Gasteiger partial charge in [0, 0.05) is 11.4 Å². The molecule has 0 aliphatic rings. The van der Waals surface area contributed by atoms with Crippen molar-refractivity contribution in [2.75, 3.05) is 6.61 Å². The highest BCUT2D eigenvalue weighted by atomic mass is 79.9. The SMILES string of the molecule is CC(Br)C(=O)CCOc1ccc(Cl)cc1. The van der Waals surface area contributed by atoms with Gasteiger partial charge in [-0.2, -0.15) is 0 Å². The summed E-state index contributed by atoms with van der Waals surface area (Å²) in [4.78, 5) is 11.1. The zero-order valence-corrected chi connectivity index (χ0v) is 10.7. The van der Waals surface area contributed by atoms with E-state index >= 15 is 0 Å². The quantitative estimate of drug-likeness (QED) is 0.777. The number of rotatable bonds is 5. The minimum absolute atomic E-state index is 0.105. The molecule has 0 bridgehead atoms. The molecule has 4 heteroatoms. The largest absolute Gasteiger partial charge is 0.493 e. The van der Waals surface area contributed by atoms with E-state index in [0.717, 1.165) is 5.75 Å². The van der Waals surface area contributed by atoms with Gasteiger partial charge >= 0.3 is 0 Å². The smallest absolute Gasteiger partial charge is 0.149 e. The van der Waals surface area contributed by atoms with Crippen LogP contribution in [0.3, 0.4) is 0 Å². The van der Waals surface area contributed by atoms with Crippen molar-refractivity contribution in [3.05, 3.63) is 29.3 Å². The van der Waals surface area contributed by atoms with Crippen molar-refractivity contribution in [1.82, 2.24) is 0 Å². The van der Waals surface area contributed by atoms with Crippen LogP contribution >= 0.6 is 27.5 Å². The van der Waals surface area contributed by atoms with Crippen molar-refractivity contribution in [2.45, 2.75) is 18.2 Å². The Kier molecular flexibility index (Phi) is 5.12. The van der Waals surface area contributed by atoms with Crippen LogP contribution in [0.25, 0.3) is 0 Å². The molecular weight excluding hydrogens is 279 g/mol. The Morgan fingerprint density at radius 2 is 2.07 bits per heavy atom. The van der Waals surface area contributed by atoms with Crippen molar-refractivity contribution in [2.24, 2.45) is 0 Å². The molecule has 0 amide bonds. The van der Waals surface area contributed by atoms with Crippen molar-refractivity contribution in [3.8, 4) is 5.75 Å². The van der Waals surface area contributed by atoms with Crippen LogP contribution in [0.4, 0.5) is 0 Å². The van der Waals surface area contributed by atoms with Crippen LogP contribution in [0.1, 0.15) is 13.3 Å². The molecule has 0 aliphatic heterocycles. The van der Waals surface area contributed by atoms with Crippen LogP contribution in [0.2, 0.25) is 5.02 Å². The third-order valence-electron chi connectivity index (χ3n) is 1.87. The lowest BCUT2D eigenvalue weighted by molar-refractivity contribution is -0.118. The first-order valence-electron chi connectivity index (χ1n) is 4.65. The summed E-state index contributed by atoms with van der Waals surface area (Å²) in [5.74, 6) is 0.874. The monoisotopic (exact) mass is 290 g/mol. The molecule has 2 nitrogen and oxygen atoms in total. The molecule has 0 aromatic heterocycles. The van der Waals surface area contributed by atoms with Crippen LogP contribution in [-0.2, 0) is 4.79 Å². The fourth-order valence-electron chi connectivity index (χ4n) is 0.999. The lowest BCUT2D eigenvalue weighted by Gasteiger charge is -2.06. The maximum absolute atomic E-state index is 11.2. The fourth-order valence-corrected chi connectivity index (χ4v) is 1.35. The number of Topliss-reactive ketones (excluding diaryl/α,β-unsaturated/α-hetero) is 1. The molecule has 0 spiro atoms. The van der Waals surface area contributed by atoms with Crippen molar-refractivity contribution < 1.29 is 9.53 Å². The normalized spacial score (nSPS) is 12.2. The van der Waals surface area contributed by atoms with Gasteiger partial charge in [0.15, 0.2) is 0 Å². The summed E-state index contributed by atoms with van der Waals surface area (Å²) < 4.78 is 5.38. The number of alkyl halides is 1. The minimum Gasteiger partial charge on any atom is -0.493 e. The molecule has 15 heavy (non-hydrogen) atoms. The lowest BCUT2D eigenvalue weighted by atomic mass is 10.2. The first kappa shape index (κ1) is 12.5. The van der Waals surface area contributed by atoms with Crippen molar-refractivity contribution >= 4 is 33.3 Å². The first-order valence-corrected chi connectivity index (χ1v) is 5.94. The van der Waals surface area contributed by atoms with Gasteiger partial charge in [0.1, 0.15) is 11.5 Å². The predicted molar refractivity (Wildman–Crippen MR) is 65.0 cm³/mol. The first-order chi connectivity index (χ1) is 7.09. The summed E-state index contributed by atoms with van der Waals surface area (Å²) in [6.07, 6.45) is 0.412. The number of carbonyl (C=O) groups excluding carboxylic acids is 1. The van der Waals surface area contributed by atoms with E-state index in [1.54, 1.807) is 24.3 Å². The standard InChI is InChI=1S/C11H12BrClO2/c1-8(12)11(14)6-7-15-10-4-2-9(13)3-5-10/h2-5,8H,6-7H2,1H3. The van der Waals surface area contributed by atoms with Crippen LogP contribution in [-0.4, -0.2) is 17.2 Å². The number of ketones is 1. The van der Waals surface area contributed by atoms with E-state index in [1.807, 2.05) is 6.92 Å². The number of ether oxygens (including phenoxy) is 1. The van der Waals surface area contributed by atoms with Crippen molar-refractivity contribution in [3.63, 3.8) is 0 Å². The molecule has 1 aromatic carbocycles. The van der Waals surface area contributed by atoms with Crippen molar-refractivity contribution in [1.29, 1.82) is 0 Å². The van der Waals surface area contributed by atoms with Gasteiger partial charge < -0.3 is 4.74 Å². The molecule has 1 unspecified atom stereocenters. The molecule has 0 fully saturated rings. The lowest BCUT2D eigenvalue weighted by Crippen LogP contribution is -2.13. The van der Waals surface area contributed by atoms with Gasteiger partial charge in [0.2, 0.25) is 0 Å². The zero-order valence-electron chi connectivity index (χ0n) is 8.37. The summed E-state index contributed by atoms with van der Waals surface area (Å²) in [7, 11) is 0. The Morgan fingerprint density at radius 1 is 1.47 bits per heavy atom. The summed E-state index contributed by atoms with van der Waals surface area (Å²) in [6, 6.07) is 7.08. The second kappa shape index (κ2) is 6.13. The molecule has 0 N–H and O–H groups in total. The number of hydrogen-bond donors (Lipinski definition) is 0. The Bertz CT molecular complexity index is 322. The third kappa shape index (κ3) is 4.67. The maximum atomic E-state index is 11.2. The summed E-state index contributed by atoms with van der Waals surface area (Å²) in [6.45, 7) is 2.21. The molecule has 1 rings (SSSR count). The second-order valence-electron chi connectivity index (χ2n) is 3.13. The second-order valence-corrected chi connectivity index (χ2v) is 4.94. The van der Waals surface area contributed by atoms with E-state index in [1.165, 1.54) is 0 Å². The highest BCUT2D eigenvalue weighted by Gasteiger charge is 2.08. The average Bonchev–Trinajstić information content (AvgIpc) is 2.20. The van der Waals surface area contributed by atoms with Gasteiger partial charge in [-0.25, -0.2) is 0 Å². The van der Waals surface area contributed by atoms with Gasteiger partial charge in [-0.1, -0.05) is 27.5 Å². The Labute approximate surface area is 103 Å². The minimum atomic E-state index is -0.105. The Morgan fingerprint density at radius 3 is 2.60 bits per heavy atom. The molecular formula is C11H12BrClO2. The van der Waals surface area contributed by atoms with E-state index in [9.17, 15) is 4.79 Å². The number of halogens is 2. The van der Waals surface area contributed by atoms with E-state index in [0.29, 0.717) is 18.1 Å². The summed E-state index contributed by atoms with van der Waals surface area (Å²) in [5, 5.41) is 0.674. The molecule has 0 aliphatic carbocycles. The van der Waals surface area contributed by atoms with Crippen LogP contribution in [0.15, 0.2) is 24.3 Å². The van der Waals surface area contributed by atoms with E-state index < -0.39 is 0 Å².